The van der Waals surface area contributed by atoms with Crippen molar-refractivity contribution in [2.75, 3.05) is 0 Å². The third-order valence-electron chi connectivity index (χ3n) is 2.01. The molecule has 0 radical (unpaired) electrons. The van der Waals surface area contributed by atoms with Gasteiger partial charge >= 0.3 is 0 Å². The molecule has 2 saturated heterocycles. The van der Waals surface area contributed by atoms with E-state index in [2.05, 4.69) is 22.0 Å². The van der Waals surface area contributed by atoms with Crippen molar-refractivity contribution in [2.45, 2.75) is 24.4 Å². The number of rotatable bonds is 0. The molecular formula is C6H5BrO2. The molecule has 48 valence electrons. The van der Waals surface area contributed by atoms with E-state index in [1.165, 1.54) is 4.48 Å². The fraction of sp³-hybridized carbons (Fsp3) is 0.667. The Kier molecular flexibility index (Phi) is 0.684. The van der Waals surface area contributed by atoms with Gasteiger partial charge in [0.25, 0.3) is 0 Å². The lowest BCUT2D eigenvalue weighted by Gasteiger charge is -1.93. The van der Waals surface area contributed by atoms with Crippen LogP contribution in [-0.4, -0.2) is 24.4 Å². The molecule has 1 aliphatic carbocycles. The monoisotopic (exact) mass is 188 g/mol. The summed E-state index contributed by atoms with van der Waals surface area (Å²) < 4.78 is 11.7. The quantitative estimate of drug-likeness (QED) is 0.527. The van der Waals surface area contributed by atoms with E-state index >= 15 is 0 Å². The van der Waals surface area contributed by atoms with Crippen molar-refractivity contribution in [3.63, 3.8) is 0 Å². The molecule has 3 heteroatoms. The maximum atomic E-state index is 5.30. The summed E-state index contributed by atoms with van der Waals surface area (Å²) in [6.07, 6.45) is 3.58. The molecule has 0 N–H and O–H groups in total. The van der Waals surface area contributed by atoms with Crippen LogP contribution in [0, 0.1) is 0 Å². The third kappa shape index (κ3) is 0.527. The highest BCUT2D eigenvalue weighted by molar-refractivity contribution is 9.11. The molecule has 2 nitrogen and oxygen atoms in total. The van der Waals surface area contributed by atoms with E-state index in [4.69, 9.17) is 9.47 Å². The molecular weight excluding hydrogens is 184 g/mol. The molecule has 0 aromatic carbocycles. The molecule has 2 aliphatic heterocycles. The SMILES string of the molecule is BrC1=C[C@H]2O[C@H]2[C@H]2O[C@@H]12. The summed E-state index contributed by atoms with van der Waals surface area (Å²) in [5, 5.41) is 0. The minimum absolute atomic E-state index is 0.341. The Morgan fingerprint density at radius 3 is 3.11 bits per heavy atom. The predicted molar refractivity (Wildman–Crippen MR) is 34.3 cm³/mol. The first-order valence-corrected chi connectivity index (χ1v) is 3.84. The van der Waals surface area contributed by atoms with Gasteiger partial charge < -0.3 is 9.47 Å². The van der Waals surface area contributed by atoms with Crippen molar-refractivity contribution in [3.05, 3.63) is 10.6 Å². The van der Waals surface area contributed by atoms with Crippen LogP contribution in [0.2, 0.25) is 0 Å². The van der Waals surface area contributed by atoms with E-state index < -0.39 is 0 Å². The maximum Gasteiger partial charge on any atom is 0.118 e. The molecule has 9 heavy (non-hydrogen) atoms. The molecule has 0 saturated carbocycles. The molecule has 0 bridgehead atoms. The van der Waals surface area contributed by atoms with Gasteiger partial charge in [0.1, 0.15) is 24.4 Å². The van der Waals surface area contributed by atoms with Gasteiger partial charge in [0.05, 0.1) is 0 Å². The van der Waals surface area contributed by atoms with E-state index in [9.17, 15) is 0 Å². The van der Waals surface area contributed by atoms with Crippen LogP contribution in [-0.2, 0) is 9.47 Å². The minimum atomic E-state index is 0.341. The van der Waals surface area contributed by atoms with Crippen LogP contribution in [0.15, 0.2) is 10.6 Å². The van der Waals surface area contributed by atoms with Crippen LogP contribution in [0.5, 0.6) is 0 Å². The zero-order chi connectivity index (χ0) is 6.01. The lowest BCUT2D eigenvalue weighted by molar-refractivity contribution is 0.313. The first-order chi connectivity index (χ1) is 4.36. The van der Waals surface area contributed by atoms with Crippen LogP contribution in [0.3, 0.4) is 0 Å². The Morgan fingerprint density at radius 2 is 2.22 bits per heavy atom. The van der Waals surface area contributed by atoms with Gasteiger partial charge in [0.2, 0.25) is 0 Å². The number of ether oxygens (including phenoxy) is 2. The van der Waals surface area contributed by atoms with Crippen molar-refractivity contribution in [1.82, 2.24) is 0 Å². The van der Waals surface area contributed by atoms with Crippen LogP contribution < -0.4 is 0 Å². The van der Waals surface area contributed by atoms with E-state index in [0.717, 1.165) is 0 Å². The number of halogens is 1. The number of epoxide rings is 2. The van der Waals surface area contributed by atoms with E-state index in [-0.39, 0.29) is 0 Å². The zero-order valence-electron chi connectivity index (χ0n) is 4.58. The summed E-state index contributed by atoms with van der Waals surface area (Å²) in [7, 11) is 0. The predicted octanol–water partition coefficient (Wildman–Crippen LogP) is 0.814. The summed E-state index contributed by atoms with van der Waals surface area (Å²) >= 11 is 3.42. The third-order valence-corrected chi connectivity index (χ3v) is 2.72. The van der Waals surface area contributed by atoms with Gasteiger partial charge in [-0.05, 0) is 6.08 Å². The lowest BCUT2D eigenvalue weighted by Crippen LogP contribution is -2.09. The highest BCUT2D eigenvalue weighted by Gasteiger charge is 2.61. The Balaban J connectivity index is 2.03. The molecule has 0 aromatic heterocycles. The average molecular weight is 189 g/mol. The molecule has 3 aliphatic rings. The second kappa shape index (κ2) is 1.26. The number of fused-ring (bicyclic) bond motifs is 3. The Bertz CT molecular complexity index is 201. The summed E-state index contributed by atoms with van der Waals surface area (Å²) in [4.78, 5) is 0. The van der Waals surface area contributed by atoms with Crippen LogP contribution in [0.4, 0.5) is 0 Å². The molecule has 0 spiro atoms. The molecule has 0 amide bonds. The van der Waals surface area contributed by atoms with Crippen molar-refractivity contribution >= 4 is 15.9 Å². The van der Waals surface area contributed by atoms with Gasteiger partial charge in [-0.3, -0.25) is 0 Å². The van der Waals surface area contributed by atoms with Crippen LogP contribution in [0.25, 0.3) is 0 Å². The van der Waals surface area contributed by atoms with E-state index in [1.807, 2.05) is 0 Å². The minimum Gasteiger partial charge on any atom is -0.362 e. The standard InChI is InChI=1S/C6H5BrO2/c7-2-1-3-5(8-3)6-4(2)9-6/h1,3-6H/t3-,4+,5-,6+/m1/s1. The fourth-order valence-corrected chi connectivity index (χ4v) is 2.01. The fourth-order valence-electron chi connectivity index (χ4n) is 1.38. The van der Waals surface area contributed by atoms with Gasteiger partial charge in [-0.25, -0.2) is 0 Å². The van der Waals surface area contributed by atoms with Gasteiger partial charge in [-0.15, -0.1) is 0 Å². The highest BCUT2D eigenvalue weighted by atomic mass is 79.9. The van der Waals surface area contributed by atoms with Gasteiger partial charge in [0, 0.05) is 4.48 Å². The Morgan fingerprint density at radius 1 is 1.33 bits per heavy atom. The lowest BCUT2D eigenvalue weighted by atomic mass is 10.1. The topological polar surface area (TPSA) is 25.1 Å². The normalized spacial score (nSPS) is 59.4. The zero-order valence-corrected chi connectivity index (χ0v) is 6.17. The average Bonchev–Trinajstić information content (AvgIpc) is 2.54. The second-order valence-electron chi connectivity index (χ2n) is 2.64. The summed E-state index contributed by atoms with van der Waals surface area (Å²) in [6, 6.07) is 0. The van der Waals surface area contributed by atoms with Crippen LogP contribution in [0.1, 0.15) is 0 Å². The summed E-state index contributed by atoms with van der Waals surface area (Å²) in [6.45, 7) is 0. The van der Waals surface area contributed by atoms with Crippen molar-refractivity contribution < 1.29 is 9.47 Å². The van der Waals surface area contributed by atoms with Gasteiger partial charge in [-0.2, -0.15) is 0 Å². The maximum absolute atomic E-state index is 5.30. The number of hydrogen-bond acceptors (Lipinski definition) is 2. The smallest absolute Gasteiger partial charge is 0.118 e. The molecule has 0 unspecified atom stereocenters. The van der Waals surface area contributed by atoms with Gasteiger partial charge in [-0.1, -0.05) is 15.9 Å². The molecule has 0 aromatic rings. The first kappa shape index (κ1) is 4.88. The second-order valence-corrected chi connectivity index (χ2v) is 3.55. The van der Waals surface area contributed by atoms with E-state index in [1.54, 1.807) is 0 Å². The molecule has 3 rings (SSSR count). The van der Waals surface area contributed by atoms with Crippen molar-refractivity contribution in [3.8, 4) is 0 Å². The Hall–Kier alpha value is 0.140. The summed E-state index contributed by atoms with van der Waals surface area (Å²) in [5.74, 6) is 0. The molecule has 2 heterocycles. The summed E-state index contributed by atoms with van der Waals surface area (Å²) in [5.41, 5.74) is 0. The van der Waals surface area contributed by atoms with Gasteiger partial charge in [0.15, 0.2) is 0 Å². The number of hydrogen-bond donors (Lipinski definition) is 0. The van der Waals surface area contributed by atoms with Crippen molar-refractivity contribution in [2.24, 2.45) is 0 Å². The first-order valence-electron chi connectivity index (χ1n) is 3.04. The highest BCUT2D eigenvalue weighted by Crippen LogP contribution is 2.48. The Labute approximate surface area is 61.0 Å². The molecule has 2 fully saturated rings. The van der Waals surface area contributed by atoms with Crippen LogP contribution >= 0.6 is 15.9 Å². The molecule has 4 atom stereocenters. The largest absolute Gasteiger partial charge is 0.362 e. The van der Waals surface area contributed by atoms with Crippen molar-refractivity contribution in [1.29, 1.82) is 0 Å². The van der Waals surface area contributed by atoms with E-state index in [0.29, 0.717) is 24.4 Å².